The van der Waals surface area contributed by atoms with Crippen molar-refractivity contribution in [2.75, 3.05) is 0 Å². The first-order chi connectivity index (χ1) is 4.52. The minimum absolute atomic E-state index is 0.416. The first kappa shape index (κ1) is 8.40. The Hall–Kier alpha value is 0.300. The zero-order valence-corrected chi connectivity index (χ0v) is 6.94. The molecule has 60 valence electrons. The van der Waals surface area contributed by atoms with E-state index in [0.29, 0.717) is 19.3 Å². The summed E-state index contributed by atoms with van der Waals surface area (Å²) >= 11 is 2.25. The van der Waals surface area contributed by atoms with Crippen LogP contribution in [0.2, 0.25) is 0 Å². The van der Waals surface area contributed by atoms with E-state index in [1.165, 1.54) is 0 Å². The van der Waals surface area contributed by atoms with Crippen LogP contribution in [0.1, 0.15) is 19.3 Å². The maximum Gasteiger partial charge on any atom is 0.306 e. The molecule has 2 atom stereocenters. The van der Waals surface area contributed by atoms with Gasteiger partial charge in [0.05, 0.1) is 12.0 Å². The predicted molar refractivity (Wildman–Crippen MR) is 37.2 cm³/mol. The highest BCUT2D eigenvalue weighted by atomic mass is 79.9. The van der Waals surface area contributed by atoms with Crippen LogP contribution in [0.3, 0.4) is 0 Å². The second kappa shape index (κ2) is 2.74. The first-order valence-corrected chi connectivity index (χ1v) is 4.06. The van der Waals surface area contributed by atoms with Gasteiger partial charge in [-0.25, -0.2) is 0 Å². The van der Waals surface area contributed by atoms with Gasteiger partial charge in [0.25, 0.3) is 0 Å². The van der Waals surface area contributed by atoms with E-state index in [-0.39, 0.29) is 0 Å². The van der Waals surface area contributed by atoms with Crippen molar-refractivity contribution < 1.29 is 13.9 Å². The molecule has 0 aromatic carbocycles. The summed E-state index contributed by atoms with van der Waals surface area (Å²) in [6.45, 7) is 0. The van der Waals surface area contributed by atoms with Crippen molar-refractivity contribution in [1.29, 1.82) is 0 Å². The fourth-order valence-corrected chi connectivity index (χ4v) is 1.86. The zero-order valence-electron chi connectivity index (χ0n) is 5.36. The van der Waals surface area contributed by atoms with Crippen molar-refractivity contribution in [3.05, 3.63) is 0 Å². The van der Waals surface area contributed by atoms with Gasteiger partial charge in [0, 0.05) is 0 Å². The van der Waals surface area contributed by atoms with Crippen molar-refractivity contribution in [1.82, 2.24) is 0 Å². The predicted octanol–water partition coefficient (Wildman–Crippen LogP) is 2.14. The minimum atomic E-state index is -2.89. The summed E-state index contributed by atoms with van der Waals surface area (Å²) in [5, 5.41) is 9.01. The Balaban J connectivity index is 2.55. The van der Waals surface area contributed by atoms with Crippen LogP contribution >= 0.6 is 15.9 Å². The van der Waals surface area contributed by atoms with Gasteiger partial charge >= 0.3 is 4.83 Å². The molecule has 0 aliphatic heterocycles. The topological polar surface area (TPSA) is 20.2 Å². The van der Waals surface area contributed by atoms with Gasteiger partial charge in [-0.05, 0) is 28.8 Å². The maximum absolute atomic E-state index is 12.4. The van der Waals surface area contributed by atoms with Gasteiger partial charge in [0.2, 0.25) is 0 Å². The molecule has 0 spiro atoms. The van der Waals surface area contributed by atoms with Crippen LogP contribution in [-0.2, 0) is 0 Å². The van der Waals surface area contributed by atoms with E-state index >= 15 is 0 Å². The number of alkyl halides is 3. The van der Waals surface area contributed by atoms with E-state index in [2.05, 4.69) is 15.9 Å². The van der Waals surface area contributed by atoms with Crippen LogP contribution < -0.4 is 0 Å². The SMILES string of the molecule is O[C@@H]1CCC[C@H]1C(F)(F)Br. The van der Waals surface area contributed by atoms with Gasteiger partial charge < -0.3 is 5.11 Å². The Kier molecular flexibility index (Phi) is 2.30. The quantitative estimate of drug-likeness (QED) is 0.664. The summed E-state index contributed by atoms with van der Waals surface area (Å²) < 4.78 is 24.9. The van der Waals surface area contributed by atoms with E-state index in [0.717, 1.165) is 0 Å². The summed E-state index contributed by atoms with van der Waals surface area (Å²) in [7, 11) is 0. The standard InChI is InChI=1S/C6H9BrF2O/c7-6(8,9)4-2-1-3-5(4)10/h4-5,10H,1-3H2/t4-,5-/m1/s1. The van der Waals surface area contributed by atoms with E-state index in [9.17, 15) is 8.78 Å². The fraction of sp³-hybridized carbons (Fsp3) is 1.00. The van der Waals surface area contributed by atoms with Crippen LogP contribution in [-0.4, -0.2) is 16.0 Å². The molecule has 1 aliphatic carbocycles. The summed E-state index contributed by atoms with van der Waals surface area (Å²) in [6.07, 6.45) is 0.799. The lowest BCUT2D eigenvalue weighted by atomic mass is 10.1. The molecule has 1 rings (SSSR count). The lowest BCUT2D eigenvalue weighted by molar-refractivity contribution is -0.0115. The van der Waals surface area contributed by atoms with E-state index in [1.807, 2.05) is 0 Å². The molecular formula is C6H9BrF2O. The van der Waals surface area contributed by atoms with Crippen molar-refractivity contribution in [3.8, 4) is 0 Å². The van der Waals surface area contributed by atoms with E-state index in [1.54, 1.807) is 0 Å². The molecule has 10 heavy (non-hydrogen) atoms. The van der Waals surface area contributed by atoms with Crippen LogP contribution in [0.15, 0.2) is 0 Å². The molecule has 0 saturated heterocycles. The van der Waals surface area contributed by atoms with Gasteiger partial charge in [-0.1, -0.05) is 6.42 Å². The van der Waals surface area contributed by atoms with Crippen LogP contribution in [0.4, 0.5) is 8.78 Å². The third-order valence-corrected chi connectivity index (χ3v) is 2.49. The van der Waals surface area contributed by atoms with E-state index < -0.39 is 16.9 Å². The lowest BCUT2D eigenvalue weighted by Gasteiger charge is -2.19. The van der Waals surface area contributed by atoms with Crippen LogP contribution in [0, 0.1) is 5.92 Å². The van der Waals surface area contributed by atoms with Crippen LogP contribution in [0.5, 0.6) is 0 Å². The number of rotatable bonds is 1. The fourth-order valence-electron chi connectivity index (χ4n) is 1.32. The third-order valence-electron chi connectivity index (χ3n) is 1.90. The number of aliphatic hydroxyl groups excluding tert-OH is 1. The molecule has 4 heteroatoms. The third kappa shape index (κ3) is 1.66. The van der Waals surface area contributed by atoms with Gasteiger partial charge in [0.1, 0.15) is 0 Å². The van der Waals surface area contributed by atoms with Crippen LogP contribution in [0.25, 0.3) is 0 Å². The largest absolute Gasteiger partial charge is 0.393 e. The second-order valence-electron chi connectivity index (χ2n) is 2.65. The Morgan fingerprint density at radius 2 is 2.00 bits per heavy atom. The van der Waals surface area contributed by atoms with Crippen molar-refractivity contribution >= 4 is 15.9 Å². The number of hydrogen-bond donors (Lipinski definition) is 1. The maximum atomic E-state index is 12.4. The molecule has 1 N–H and O–H groups in total. The highest BCUT2D eigenvalue weighted by Crippen LogP contribution is 2.41. The molecule has 1 nitrogen and oxygen atoms in total. The molecular weight excluding hydrogens is 206 g/mol. The molecule has 1 saturated carbocycles. The molecule has 1 aliphatic rings. The van der Waals surface area contributed by atoms with E-state index in [4.69, 9.17) is 5.11 Å². The molecule has 0 unspecified atom stereocenters. The van der Waals surface area contributed by atoms with Gasteiger partial charge in [-0.2, -0.15) is 8.78 Å². The van der Waals surface area contributed by atoms with Gasteiger partial charge in [-0.15, -0.1) is 0 Å². The summed E-state index contributed by atoms with van der Waals surface area (Å²) in [5.74, 6) is -0.882. The molecule has 0 aromatic heterocycles. The van der Waals surface area contributed by atoms with Gasteiger partial charge in [-0.3, -0.25) is 0 Å². The summed E-state index contributed by atoms with van der Waals surface area (Å²) in [6, 6.07) is 0. The lowest BCUT2D eigenvalue weighted by Crippen LogP contribution is -2.27. The summed E-state index contributed by atoms with van der Waals surface area (Å²) in [5.41, 5.74) is 0. The number of hydrogen-bond acceptors (Lipinski definition) is 1. The Morgan fingerprint density at radius 3 is 2.20 bits per heavy atom. The second-order valence-corrected chi connectivity index (χ2v) is 3.70. The molecule has 0 aromatic rings. The molecule has 0 bridgehead atoms. The average molecular weight is 215 g/mol. The smallest absolute Gasteiger partial charge is 0.306 e. The monoisotopic (exact) mass is 214 g/mol. The summed E-state index contributed by atoms with van der Waals surface area (Å²) in [4.78, 5) is -2.89. The first-order valence-electron chi connectivity index (χ1n) is 3.26. The highest BCUT2D eigenvalue weighted by molar-refractivity contribution is 9.10. The highest BCUT2D eigenvalue weighted by Gasteiger charge is 2.43. The van der Waals surface area contributed by atoms with Crippen molar-refractivity contribution in [2.45, 2.75) is 30.2 Å². The Labute approximate surface area is 66.6 Å². The van der Waals surface area contributed by atoms with Crippen molar-refractivity contribution in [2.24, 2.45) is 5.92 Å². The zero-order chi connectivity index (χ0) is 7.78. The Morgan fingerprint density at radius 1 is 1.40 bits per heavy atom. The van der Waals surface area contributed by atoms with Gasteiger partial charge in [0.15, 0.2) is 0 Å². The Bertz CT molecular complexity index is 123. The number of halogens is 3. The van der Waals surface area contributed by atoms with Crippen molar-refractivity contribution in [3.63, 3.8) is 0 Å². The molecule has 0 amide bonds. The normalized spacial score (nSPS) is 34.8. The molecule has 0 radical (unpaired) electrons. The number of aliphatic hydroxyl groups is 1. The average Bonchev–Trinajstić information content (AvgIpc) is 2.11. The molecule has 1 fully saturated rings. The minimum Gasteiger partial charge on any atom is -0.393 e. The molecule has 0 heterocycles.